The highest BCUT2D eigenvalue weighted by atomic mass is 16.6. The number of nitrogens with zero attached hydrogens (tertiary/aromatic N) is 3. The minimum atomic E-state index is -0.964. The molecular weight excluding hydrogens is 486 g/mol. The lowest BCUT2D eigenvalue weighted by atomic mass is 9.75. The van der Waals surface area contributed by atoms with E-state index < -0.39 is 40.8 Å². The van der Waals surface area contributed by atoms with Crippen LogP contribution in [-0.2, 0) is 4.79 Å². The van der Waals surface area contributed by atoms with Gasteiger partial charge in [0.15, 0.2) is 11.5 Å². The third kappa shape index (κ3) is 3.92. The number of carbonyl (C=O) groups is 3. The lowest BCUT2D eigenvalue weighted by molar-refractivity contribution is -0.385. The van der Waals surface area contributed by atoms with Crippen LogP contribution in [0.15, 0.2) is 91.5 Å². The van der Waals surface area contributed by atoms with Gasteiger partial charge in [-0.1, -0.05) is 72.8 Å². The van der Waals surface area contributed by atoms with Crippen molar-refractivity contribution in [2.45, 2.75) is 18.0 Å². The number of nitro groups is 1. The van der Waals surface area contributed by atoms with E-state index in [9.17, 15) is 24.5 Å². The molecule has 0 bridgehead atoms. The summed E-state index contributed by atoms with van der Waals surface area (Å²) < 4.78 is 5.17. The van der Waals surface area contributed by atoms with Crippen molar-refractivity contribution in [1.82, 2.24) is 9.80 Å². The summed E-state index contributed by atoms with van der Waals surface area (Å²) in [6.45, 7) is 3.68. The largest absolute Gasteiger partial charge is 0.490 e. The number of nitro benzene ring substituents is 1. The Hall–Kier alpha value is -4.79. The van der Waals surface area contributed by atoms with Gasteiger partial charge in [-0.05, 0) is 17.2 Å². The molecule has 4 unspecified atom stereocenters. The van der Waals surface area contributed by atoms with Crippen LogP contribution in [0.5, 0.6) is 5.75 Å². The lowest BCUT2D eigenvalue weighted by Crippen LogP contribution is -2.38. The van der Waals surface area contributed by atoms with E-state index in [4.69, 9.17) is 4.74 Å². The molecule has 0 saturated carbocycles. The molecule has 0 aliphatic carbocycles. The number of fused-ring (bicyclic) bond motifs is 1. The van der Waals surface area contributed by atoms with Crippen molar-refractivity contribution in [3.8, 4) is 5.75 Å². The molecule has 2 fully saturated rings. The molecule has 2 heterocycles. The van der Waals surface area contributed by atoms with Gasteiger partial charge in [-0.25, -0.2) is 4.79 Å². The molecule has 0 radical (unpaired) electrons. The van der Waals surface area contributed by atoms with E-state index >= 15 is 0 Å². The highest BCUT2D eigenvalue weighted by molar-refractivity contribution is 6.08. The van der Waals surface area contributed by atoms with Crippen LogP contribution in [-0.4, -0.2) is 52.1 Å². The molecule has 0 N–H and O–H groups in total. The highest BCUT2D eigenvalue weighted by Gasteiger charge is 2.63. The second kappa shape index (κ2) is 9.93. The van der Waals surface area contributed by atoms with Crippen LogP contribution in [0.4, 0.5) is 10.5 Å². The fraction of sp³-hybridized carbons (Fsp3) is 0.207. The number of urea groups is 1. The molecule has 9 nitrogen and oxygen atoms in total. The van der Waals surface area contributed by atoms with Crippen LogP contribution in [0.1, 0.15) is 33.4 Å². The van der Waals surface area contributed by atoms with Gasteiger partial charge in [-0.3, -0.25) is 24.6 Å². The molecule has 3 aromatic carbocycles. The summed E-state index contributed by atoms with van der Waals surface area (Å²) >= 11 is 0. The van der Waals surface area contributed by atoms with E-state index in [1.54, 1.807) is 36.4 Å². The molecule has 4 atom stereocenters. The first kappa shape index (κ1) is 24.9. The Labute approximate surface area is 219 Å². The fourth-order valence-electron chi connectivity index (χ4n) is 5.68. The molecule has 0 spiro atoms. The molecule has 2 aliphatic rings. The summed E-state index contributed by atoms with van der Waals surface area (Å²) in [7, 11) is 1.33. The predicted octanol–water partition coefficient (Wildman–Crippen LogP) is 4.76. The SMILES string of the molecule is C=CCN1C(=O)C2C(c3ccccc3)C(C(=O)c3ccccc3)C(c3ccc(OC)c([N+](=O)[O-])c3)N2C1=O. The van der Waals surface area contributed by atoms with Gasteiger partial charge in [0.05, 0.1) is 24.0 Å². The van der Waals surface area contributed by atoms with E-state index in [1.807, 2.05) is 30.3 Å². The van der Waals surface area contributed by atoms with Crippen molar-refractivity contribution < 1.29 is 24.0 Å². The summed E-state index contributed by atoms with van der Waals surface area (Å²) in [6.07, 6.45) is 1.47. The number of hydrogen-bond donors (Lipinski definition) is 0. The molecule has 38 heavy (non-hydrogen) atoms. The maximum Gasteiger partial charge on any atom is 0.328 e. The van der Waals surface area contributed by atoms with Crippen molar-refractivity contribution in [3.05, 3.63) is 118 Å². The number of carbonyl (C=O) groups excluding carboxylic acids is 3. The first-order valence-corrected chi connectivity index (χ1v) is 12.1. The Kier molecular flexibility index (Phi) is 6.50. The van der Waals surface area contributed by atoms with Gasteiger partial charge < -0.3 is 9.64 Å². The zero-order valence-corrected chi connectivity index (χ0v) is 20.6. The Morgan fingerprint density at radius 3 is 2.26 bits per heavy atom. The number of imide groups is 1. The number of benzene rings is 3. The maximum atomic E-state index is 14.2. The van der Waals surface area contributed by atoms with Gasteiger partial charge in [0, 0.05) is 24.1 Å². The Morgan fingerprint density at radius 2 is 1.66 bits per heavy atom. The number of ether oxygens (including phenoxy) is 1. The smallest absolute Gasteiger partial charge is 0.328 e. The minimum Gasteiger partial charge on any atom is -0.490 e. The van der Waals surface area contributed by atoms with Gasteiger partial charge in [0.25, 0.3) is 5.91 Å². The first-order valence-electron chi connectivity index (χ1n) is 12.1. The van der Waals surface area contributed by atoms with Crippen LogP contribution >= 0.6 is 0 Å². The summed E-state index contributed by atoms with van der Waals surface area (Å²) in [5, 5.41) is 11.9. The topological polar surface area (TPSA) is 110 Å². The molecule has 2 aliphatic heterocycles. The number of hydrogen-bond acceptors (Lipinski definition) is 6. The molecule has 3 aromatic rings. The van der Waals surface area contributed by atoms with Gasteiger partial charge in [0.2, 0.25) is 0 Å². The second-order valence-electron chi connectivity index (χ2n) is 9.20. The van der Waals surface area contributed by atoms with Crippen LogP contribution in [0.25, 0.3) is 0 Å². The van der Waals surface area contributed by atoms with Crippen molar-refractivity contribution in [2.75, 3.05) is 13.7 Å². The fourth-order valence-corrected chi connectivity index (χ4v) is 5.68. The van der Waals surface area contributed by atoms with Crippen LogP contribution in [0.2, 0.25) is 0 Å². The van der Waals surface area contributed by atoms with Gasteiger partial charge in [0.1, 0.15) is 6.04 Å². The Balaban J connectivity index is 1.76. The van der Waals surface area contributed by atoms with Crippen molar-refractivity contribution in [2.24, 2.45) is 5.92 Å². The molecule has 5 rings (SSSR count). The molecule has 3 amide bonds. The highest BCUT2D eigenvalue weighted by Crippen LogP contribution is 2.54. The Morgan fingerprint density at radius 1 is 1.00 bits per heavy atom. The van der Waals surface area contributed by atoms with Gasteiger partial charge in [-0.15, -0.1) is 6.58 Å². The third-order valence-corrected chi connectivity index (χ3v) is 7.24. The van der Waals surface area contributed by atoms with Crippen molar-refractivity contribution in [3.63, 3.8) is 0 Å². The normalized spacial score (nSPS) is 22.3. The third-order valence-electron chi connectivity index (χ3n) is 7.24. The molecule has 0 aromatic heterocycles. The molecule has 192 valence electrons. The maximum absolute atomic E-state index is 14.2. The number of ketones is 1. The summed E-state index contributed by atoms with van der Waals surface area (Å²) in [5.74, 6) is -2.19. The average Bonchev–Trinajstić information content (AvgIpc) is 3.42. The standard InChI is InChI=1S/C29H25N3O6/c1-3-16-30-28(34)26-23(18-10-6-4-7-11-18)24(27(33)19-12-8-5-9-13-19)25(31(26)29(30)35)20-14-15-22(38-2)21(17-20)32(36)37/h3-15,17,23-26H,1,16H2,2H3. The zero-order valence-electron chi connectivity index (χ0n) is 20.6. The summed E-state index contributed by atoms with van der Waals surface area (Å²) in [4.78, 5) is 55.4. The van der Waals surface area contributed by atoms with Crippen molar-refractivity contribution >= 4 is 23.4 Å². The number of methoxy groups -OCH3 is 1. The van der Waals surface area contributed by atoms with E-state index in [0.717, 1.165) is 10.5 Å². The number of rotatable bonds is 8. The van der Waals surface area contributed by atoms with E-state index in [-0.39, 0.29) is 23.8 Å². The summed E-state index contributed by atoms with van der Waals surface area (Å²) in [5.41, 5.74) is 1.23. The van der Waals surface area contributed by atoms with Gasteiger partial charge in [-0.2, -0.15) is 0 Å². The van der Waals surface area contributed by atoms with Gasteiger partial charge >= 0.3 is 11.7 Å². The number of amides is 3. The number of Topliss-reactive ketones (excluding diaryl/α,β-unsaturated/α-hetero) is 1. The first-order chi connectivity index (χ1) is 18.4. The molecule has 9 heteroatoms. The van der Waals surface area contributed by atoms with E-state index in [2.05, 4.69) is 6.58 Å². The quantitative estimate of drug-likeness (QED) is 0.142. The molecular formula is C29H25N3O6. The monoisotopic (exact) mass is 511 g/mol. The van der Waals surface area contributed by atoms with Crippen LogP contribution in [0.3, 0.4) is 0 Å². The molecule has 2 saturated heterocycles. The Bertz CT molecular complexity index is 1420. The zero-order chi connectivity index (χ0) is 27.0. The lowest BCUT2D eigenvalue weighted by Gasteiger charge is -2.28. The average molecular weight is 512 g/mol. The van der Waals surface area contributed by atoms with E-state index in [1.165, 1.54) is 30.2 Å². The van der Waals surface area contributed by atoms with Crippen LogP contribution in [0, 0.1) is 16.0 Å². The van der Waals surface area contributed by atoms with E-state index in [0.29, 0.717) is 11.1 Å². The second-order valence-corrected chi connectivity index (χ2v) is 9.20. The minimum absolute atomic E-state index is 0.0129. The van der Waals surface area contributed by atoms with Crippen molar-refractivity contribution in [1.29, 1.82) is 0 Å². The summed E-state index contributed by atoms with van der Waals surface area (Å²) in [6, 6.07) is 19.7. The van der Waals surface area contributed by atoms with Crippen LogP contribution < -0.4 is 4.74 Å². The predicted molar refractivity (Wildman–Crippen MR) is 139 cm³/mol.